The molecule has 3 N–H and O–H groups in total. The highest BCUT2D eigenvalue weighted by Gasteiger charge is 2.12. The summed E-state index contributed by atoms with van der Waals surface area (Å²) in [4.78, 5) is 12.8. The van der Waals surface area contributed by atoms with E-state index in [9.17, 15) is 4.79 Å². The summed E-state index contributed by atoms with van der Waals surface area (Å²) in [5.41, 5.74) is 5.82. The first kappa shape index (κ1) is 13.2. The predicted molar refractivity (Wildman–Crippen MR) is 68.4 cm³/mol. The molecule has 1 aromatic heterocycles. The molecule has 1 heterocycles. The molecule has 0 aliphatic heterocycles. The Morgan fingerprint density at radius 1 is 1.62 bits per heavy atom. The first-order valence-corrected chi connectivity index (χ1v) is 6.59. The van der Waals surface area contributed by atoms with Crippen LogP contribution in [0.5, 0.6) is 0 Å². The lowest BCUT2D eigenvalue weighted by molar-refractivity contribution is -0.122. The van der Waals surface area contributed by atoms with Crippen LogP contribution >= 0.6 is 11.3 Å². The number of amides is 1. The molecule has 90 valence electrons. The van der Waals surface area contributed by atoms with Gasteiger partial charge in [-0.2, -0.15) is 0 Å². The third-order valence-electron chi connectivity index (χ3n) is 2.45. The standard InChI is InChI=1S/C12H20N2OS/c1-3-5-10(13)8-12(15)14-9(2)11-6-4-7-16-11/h4,6-7,9-10H,3,5,8,13H2,1-2H3,(H,14,15)/t9-,10?/m0/s1. The molecule has 0 radical (unpaired) electrons. The van der Waals surface area contributed by atoms with Crippen molar-refractivity contribution >= 4 is 17.2 Å². The molecular formula is C12H20N2OS. The summed E-state index contributed by atoms with van der Waals surface area (Å²) < 4.78 is 0. The molecule has 2 atom stereocenters. The van der Waals surface area contributed by atoms with Gasteiger partial charge in [-0.15, -0.1) is 11.3 Å². The molecule has 3 nitrogen and oxygen atoms in total. The summed E-state index contributed by atoms with van der Waals surface area (Å²) >= 11 is 1.66. The first-order valence-electron chi connectivity index (χ1n) is 5.71. The average molecular weight is 240 g/mol. The van der Waals surface area contributed by atoms with Crippen molar-refractivity contribution in [2.45, 2.75) is 45.2 Å². The molecule has 0 saturated carbocycles. The highest BCUT2D eigenvalue weighted by Crippen LogP contribution is 2.18. The maximum Gasteiger partial charge on any atom is 0.222 e. The summed E-state index contributed by atoms with van der Waals surface area (Å²) in [5, 5.41) is 4.98. The highest BCUT2D eigenvalue weighted by atomic mass is 32.1. The highest BCUT2D eigenvalue weighted by molar-refractivity contribution is 7.10. The lowest BCUT2D eigenvalue weighted by Crippen LogP contribution is -2.32. The lowest BCUT2D eigenvalue weighted by Gasteiger charge is -2.14. The van der Waals surface area contributed by atoms with Gasteiger partial charge in [0.2, 0.25) is 5.91 Å². The van der Waals surface area contributed by atoms with Crippen molar-refractivity contribution in [1.82, 2.24) is 5.32 Å². The number of carbonyl (C=O) groups excluding carboxylic acids is 1. The second-order valence-electron chi connectivity index (χ2n) is 4.06. The Morgan fingerprint density at radius 2 is 2.38 bits per heavy atom. The van der Waals surface area contributed by atoms with Gasteiger partial charge in [-0.3, -0.25) is 4.79 Å². The summed E-state index contributed by atoms with van der Waals surface area (Å²) in [6.07, 6.45) is 2.35. The monoisotopic (exact) mass is 240 g/mol. The fourth-order valence-electron chi connectivity index (χ4n) is 1.62. The summed E-state index contributed by atoms with van der Waals surface area (Å²) in [6.45, 7) is 4.07. The Hall–Kier alpha value is -0.870. The number of rotatable bonds is 6. The molecule has 0 saturated heterocycles. The van der Waals surface area contributed by atoms with Gasteiger partial charge in [-0.1, -0.05) is 19.4 Å². The van der Waals surface area contributed by atoms with Crippen LogP contribution in [0.15, 0.2) is 17.5 Å². The number of nitrogens with two attached hydrogens (primary N) is 1. The zero-order chi connectivity index (χ0) is 12.0. The average Bonchev–Trinajstić information content (AvgIpc) is 2.69. The molecule has 1 rings (SSSR count). The van der Waals surface area contributed by atoms with Crippen LogP contribution in [0.2, 0.25) is 0 Å². The van der Waals surface area contributed by atoms with Gasteiger partial charge < -0.3 is 11.1 Å². The Labute approximate surface area is 101 Å². The molecule has 1 unspecified atom stereocenters. The van der Waals surface area contributed by atoms with E-state index in [0.29, 0.717) is 6.42 Å². The molecular weight excluding hydrogens is 220 g/mol. The number of thiophene rings is 1. The van der Waals surface area contributed by atoms with E-state index in [1.807, 2.05) is 24.4 Å². The van der Waals surface area contributed by atoms with Crippen molar-refractivity contribution in [2.24, 2.45) is 5.73 Å². The van der Waals surface area contributed by atoms with E-state index in [4.69, 9.17) is 5.73 Å². The Balaban J connectivity index is 2.34. The van der Waals surface area contributed by atoms with Crippen molar-refractivity contribution in [2.75, 3.05) is 0 Å². The third-order valence-corrected chi connectivity index (χ3v) is 3.51. The van der Waals surface area contributed by atoms with Crippen molar-refractivity contribution in [3.63, 3.8) is 0 Å². The number of hydrogen-bond donors (Lipinski definition) is 2. The van der Waals surface area contributed by atoms with Gasteiger partial charge in [0.15, 0.2) is 0 Å². The first-order chi connectivity index (χ1) is 7.63. The molecule has 16 heavy (non-hydrogen) atoms. The van der Waals surface area contributed by atoms with Gasteiger partial charge in [0, 0.05) is 17.3 Å². The van der Waals surface area contributed by atoms with Crippen LogP contribution in [0.1, 0.15) is 44.0 Å². The second-order valence-corrected chi connectivity index (χ2v) is 5.04. The Bertz CT molecular complexity index is 311. The van der Waals surface area contributed by atoms with Crippen LogP contribution in [0, 0.1) is 0 Å². The fraction of sp³-hybridized carbons (Fsp3) is 0.583. The van der Waals surface area contributed by atoms with Crippen LogP contribution < -0.4 is 11.1 Å². The summed E-state index contributed by atoms with van der Waals surface area (Å²) in [6, 6.07) is 4.09. The third kappa shape index (κ3) is 4.33. The van der Waals surface area contributed by atoms with Crippen molar-refractivity contribution < 1.29 is 4.79 Å². The number of nitrogens with one attached hydrogen (secondary N) is 1. The lowest BCUT2D eigenvalue weighted by atomic mass is 10.1. The van der Waals surface area contributed by atoms with E-state index in [1.165, 1.54) is 4.88 Å². The minimum absolute atomic E-state index is 0.0134. The van der Waals surface area contributed by atoms with E-state index in [-0.39, 0.29) is 18.0 Å². The van der Waals surface area contributed by atoms with E-state index >= 15 is 0 Å². The van der Waals surface area contributed by atoms with Crippen LogP contribution in [0.25, 0.3) is 0 Å². The topological polar surface area (TPSA) is 55.1 Å². The fourth-order valence-corrected chi connectivity index (χ4v) is 2.35. The van der Waals surface area contributed by atoms with Gasteiger partial charge in [-0.25, -0.2) is 0 Å². The maximum atomic E-state index is 11.6. The van der Waals surface area contributed by atoms with Crippen molar-refractivity contribution in [3.05, 3.63) is 22.4 Å². The molecule has 0 aliphatic rings. The van der Waals surface area contributed by atoms with Crippen LogP contribution in [-0.4, -0.2) is 11.9 Å². The molecule has 0 bridgehead atoms. The van der Waals surface area contributed by atoms with E-state index in [2.05, 4.69) is 12.2 Å². The number of carbonyl (C=O) groups is 1. The smallest absolute Gasteiger partial charge is 0.222 e. The van der Waals surface area contributed by atoms with E-state index in [1.54, 1.807) is 11.3 Å². The Morgan fingerprint density at radius 3 is 2.94 bits per heavy atom. The molecule has 0 aliphatic carbocycles. The van der Waals surface area contributed by atoms with Gasteiger partial charge >= 0.3 is 0 Å². The maximum absolute atomic E-state index is 11.6. The SMILES string of the molecule is CCCC(N)CC(=O)N[C@@H](C)c1cccs1. The minimum Gasteiger partial charge on any atom is -0.349 e. The van der Waals surface area contributed by atoms with E-state index in [0.717, 1.165) is 12.8 Å². The quantitative estimate of drug-likeness (QED) is 0.802. The Kier molecular flexibility index (Phi) is 5.49. The van der Waals surface area contributed by atoms with E-state index < -0.39 is 0 Å². The minimum atomic E-state index is -0.0134. The normalized spacial score (nSPS) is 14.4. The van der Waals surface area contributed by atoms with Gasteiger partial charge in [0.25, 0.3) is 0 Å². The van der Waals surface area contributed by atoms with Gasteiger partial charge in [0.1, 0.15) is 0 Å². The molecule has 0 aromatic carbocycles. The molecule has 4 heteroatoms. The van der Waals surface area contributed by atoms with Crippen LogP contribution in [-0.2, 0) is 4.79 Å². The van der Waals surface area contributed by atoms with Gasteiger partial charge in [-0.05, 0) is 24.8 Å². The molecule has 1 aromatic rings. The predicted octanol–water partition coefficient (Wildman–Crippen LogP) is 2.44. The summed E-state index contributed by atoms with van der Waals surface area (Å²) in [7, 11) is 0. The van der Waals surface area contributed by atoms with Crippen molar-refractivity contribution in [1.29, 1.82) is 0 Å². The van der Waals surface area contributed by atoms with Crippen LogP contribution in [0.4, 0.5) is 0 Å². The number of hydrogen-bond acceptors (Lipinski definition) is 3. The summed E-state index contributed by atoms with van der Waals surface area (Å²) in [5.74, 6) is 0.0434. The molecule has 0 spiro atoms. The zero-order valence-electron chi connectivity index (χ0n) is 9.90. The largest absolute Gasteiger partial charge is 0.349 e. The molecule has 1 amide bonds. The van der Waals surface area contributed by atoms with Crippen molar-refractivity contribution in [3.8, 4) is 0 Å². The molecule has 0 fully saturated rings. The second kappa shape index (κ2) is 6.66. The van der Waals surface area contributed by atoms with Gasteiger partial charge in [0.05, 0.1) is 6.04 Å². The zero-order valence-corrected chi connectivity index (χ0v) is 10.7. The van der Waals surface area contributed by atoms with Crippen LogP contribution in [0.3, 0.4) is 0 Å².